The maximum absolute atomic E-state index is 13.3. The van der Waals surface area contributed by atoms with Gasteiger partial charge in [-0.25, -0.2) is 0 Å². The minimum absolute atomic E-state index is 0.00524. The summed E-state index contributed by atoms with van der Waals surface area (Å²) in [7, 11) is 0. The lowest BCUT2D eigenvalue weighted by atomic mass is 9.64. The average Bonchev–Trinajstić information content (AvgIpc) is 2.86. The van der Waals surface area contributed by atoms with Crippen LogP contribution in [0.4, 0.5) is 0 Å². The van der Waals surface area contributed by atoms with Crippen molar-refractivity contribution in [3.05, 3.63) is 0 Å². The molecule has 0 aromatic heterocycles. The number of carbonyl (C=O) groups is 2. The molecular weight excluding hydrogens is 300 g/mol. The Kier molecular flexibility index (Phi) is 4.94. The summed E-state index contributed by atoms with van der Waals surface area (Å²) >= 11 is 0. The molecule has 3 fully saturated rings. The van der Waals surface area contributed by atoms with Crippen molar-refractivity contribution in [1.29, 1.82) is 0 Å². The van der Waals surface area contributed by atoms with Crippen LogP contribution in [-0.4, -0.2) is 47.8 Å². The number of likely N-dealkylation sites (tertiary alicyclic amines) is 2. The molecule has 0 N–H and O–H groups in total. The smallest absolute Gasteiger partial charge is 0.229 e. The molecule has 0 bridgehead atoms. The quantitative estimate of drug-likeness (QED) is 0.776. The van der Waals surface area contributed by atoms with Crippen LogP contribution in [0.1, 0.15) is 72.1 Å². The zero-order chi connectivity index (χ0) is 17.4. The van der Waals surface area contributed by atoms with Crippen molar-refractivity contribution in [3.63, 3.8) is 0 Å². The lowest BCUT2D eigenvalue weighted by Crippen LogP contribution is -2.52. The average molecular weight is 335 g/mol. The summed E-state index contributed by atoms with van der Waals surface area (Å²) in [5.74, 6) is 0.588. The molecule has 2 saturated heterocycles. The molecule has 2 aliphatic heterocycles. The summed E-state index contributed by atoms with van der Waals surface area (Å²) in [5, 5.41) is 0. The Morgan fingerprint density at radius 2 is 1.29 bits per heavy atom. The van der Waals surface area contributed by atoms with Crippen LogP contribution in [-0.2, 0) is 9.59 Å². The number of piperidine rings is 2. The lowest BCUT2D eigenvalue weighted by Gasteiger charge is -2.44. The van der Waals surface area contributed by atoms with Crippen LogP contribution in [0.25, 0.3) is 0 Å². The Balaban J connectivity index is 1.76. The molecule has 1 aliphatic carbocycles. The van der Waals surface area contributed by atoms with Crippen LogP contribution in [0.3, 0.4) is 0 Å². The summed E-state index contributed by atoms with van der Waals surface area (Å²) in [6, 6.07) is 0. The van der Waals surface area contributed by atoms with E-state index in [9.17, 15) is 9.59 Å². The van der Waals surface area contributed by atoms with Crippen molar-refractivity contribution in [3.8, 4) is 0 Å². The first-order chi connectivity index (χ1) is 11.4. The van der Waals surface area contributed by atoms with Gasteiger partial charge in [0.15, 0.2) is 0 Å². The molecule has 0 radical (unpaired) electrons. The predicted molar refractivity (Wildman–Crippen MR) is 95.5 cm³/mol. The van der Waals surface area contributed by atoms with E-state index in [2.05, 4.69) is 30.6 Å². The summed E-state index contributed by atoms with van der Waals surface area (Å²) < 4.78 is 0. The van der Waals surface area contributed by atoms with Gasteiger partial charge in [0.05, 0.1) is 5.41 Å². The molecule has 3 rings (SSSR count). The second-order valence-electron chi connectivity index (χ2n) is 8.88. The number of nitrogens with zero attached hydrogens (tertiary/aromatic N) is 2. The fraction of sp³-hybridized carbons (Fsp3) is 0.900. The number of carbonyl (C=O) groups excluding carboxylic acids is 2. The zero-order valence-electron chi connectivity index (χ0n) is 15.8. The van der Waals surface area contributed by atoms with Crippen molar-refractivity contribution in [2.24, 2.45) is 16.7 Å². The SMILES string of the molecule is CC1(C(=O)N2CCCCC2)CCC(C(=O)N2CCCCC2)C1(C)C. The molecule has 1 saturated carbocycles. The Labute approximate surface area is 146 Å². The summed E-state index contributed by atoms with van der Waals surface area (Å²) in [6.07, 6.45) is 8.68. The van der Waals surface area contributed by atoms with Gasteiger partial charge in [0.2, 0.25) is 11.8 Å². The van der Waals surface area contributed by atoms with Gasteiger partial charge in [-0.05, 0) is 56.8 Å². The molecule has 136 valence electrons. The highest BCUT2D eigenvalue weighted by Gasteiger charge is 2.59. The fourth-order valence-electron chi connectivity index (χ4n) is 5.10. The van der Waals surface area contributed by atoms with Gasteiger partial charge in [-0.15, -0.1) is 0 Å². The van der Waals surface area contributed by atoms with Crippen molar-refractivity contribution in [2.45, 2.75) is 72.1 Å². The normalized spacial score (nSPS) is 33.5. The highest BCUT2D eigenvalue weighted by atomic mass is 16.2. The third kappa shape index (κ3) is 2.86. The lowest BCUT2D eigenvalue weighted by molar-refractivity contribution is -0.151. The monoisotopic (exact) mass is 334 g/mol. The molecule has 3 aliphatic rings. The Bertz CT molecular complexity index is 490. The van der Waals surface area contributed by atoms with E-state index >= 15 is 0 Å². The van der Waals surface area contributed by atoms with Gasteiger partial charge in [0.1, 0.15) is 0 Å². The molecule has 4 nitrogen and oxygen atoms in total. The van der Waals surface area contributed by atoms with Crippen molar-refractivity contribution in [1.82, 2.24) is 9.80 Å². The minimum atomic E-state index is -0.402. The van der Waals surface area contributed by atoms with Crippen LogP contribution in [0.15, 0.2) is 0 Å². The molecule has 0 aromatic carbocycles. The first kappa shape index (κ1) is 17.8. The molecular formula is C20H34N2O2. The van der Waals surface area contributed by atoms with Gasteiger partial charge < -0.3 is 9.80 Å². The van der Waals surface area contributed by atoms with E-state index in [1.54, 1.807) is 0 Å². The zero-order valence-corrected chi connectivity index (χ0v) is 15.8. The van der Waals surface area contributed by atoms with E-state index in [0.717, 1.165) is 64.7 Å². The molecule has 2 unspecified atom stereocenters. The maximum Gasteiger partial charge on any atom is 0.229 e. The molecule has 24 heavy (non-hydrogen) atoms. The van der Waals surface area contributed by atoms with E-state index < -0.39 is 5.41 Å². The number of rotatable bonds is 2. The molecule has 2 heterocycles. The van der Waals surface area contributed by atoms with Crippen LogP contribution in [0, 0.1) is 16.7 Å². The van der Waals surface area contributed by atoms with Crippen LogP contribution >= 0.6 is 0 Å². The maximum atomic E-state index is 13.3. The number of hydrogen-bond acceptors (Lipinski definition) is 2. The highest BCUT2D eigenvalue weighted by Crippen LogP contribution is 2.57. The predicted octanol–water partition coefficient (Wildman–Crippen LogP) is 3.45. The summed E-state index contributed by atoms with van der Waals surface area (Å²) in [5.41, 5.74) is -0.670. The van der Waals surface area contributed by atoms with Gasteiger partial charge >= 0.3 is 0 Å². The van der Waals surface area contributed by atoms with E-state index in [-0.39, 0.29) is 11.3 Å². The van der Waals surface area contributed by atoms with Crippen molar-refractivity contribution in [2.75, 3.05) is 26.2 Å². The molecule has 2 amide bonds. The first-order valence-electron chi connectivity index (χ1n) is 9.96. The number of amides is 2. The van der Waals surface area contributed by atoms with Crippen LogP contribution < -0.4 is 0 Å². The molecule has 0 aromatic rings. The van der Waals surface area contributed by atoms with E-state index in [1.165, 1.54) is 12.8 Å². The Morgan fingerprint density at radius 1 is 0.792 bits per heavy atom. The summed E-state index contributed by atoms with van der Waals surface area (Å²) in [6.45, 7) is 10.0. The fourth-order valence-corrected chi connectivity index (χ4v) is 5.10. The van der Waals surface area contributed by atoms with Crippen LogP contribution in [0.2, 0.25) is 0 Å². The standard InChI is InChI=1S/C20H34N2O2/c1-19(2)16(17(23)21-12-6-4-7-13-21)10-11-20(19,3)18(24)22-14-8-5-9-15-22/h16H,4-15H2,1-3H3. The van der Waals surface area contributed by atoms with Gasteiger partial charge in [0.25, 0.3) is 0 Å². The second-order valence-corrected chi connectivity index (χ2v) is 8.88. The van der Waals surface area contributed by atoms with Gasteiger partial charge in [0, 0.05) is 32.1 Å². The minimum Gasteiger partial charge on any atom is -0.342 e. The van der Waals surface area contributed by atoms with Crippen molar-refractivity contribution < 1.29 is 9.59 Å². The summed E-state index contributed by atoms with van der Waals surface area (Å²) in [4.78, 5) is 30.5. The largest absolute Gasteiger partial charge is 0.342 e. The number of hydrogen-bond donors (Lipinski definition) is 0. The van der Waals surface area contributed by atoms with Crippen molar-refractivity contribution >= 4 is 11.8 Å². The molecule has 0 spiro atoms. The van der Waals surface area contributed by atoms with Gasteiger partial charge in [-0.3, -0.25) is 9.59 Å². The topological polar surface area (TPSA) is 40.6 Å². The van der Waals surface area contributed by atoms with E-state index in [1.807, 2.05) is 0 Å². The Morgan fingerprint density at radius 3 is 1.83 bits per heavy atom. The second kappa shape index (κ2) is 6.68. The third-order valence-electron chi connectivity index (χ3n) is 7.31. The first-order valence-corrected chi connectivity index (χ1v) is 9.96. The molecule has 2 atom stereocenters. The highest BCUT2D eigenvalue weighted by molar-refractivity contribution is 5.87. The van der Waals surface area contributed by atoms with E-state index in [0.29, 0.717) is 11.8 Å². The third-order valence-corrected chi connectivity index (χ3v) is 7.31. The van der Waals surface area contributed by atoms with E-state index in [4.69, 9.17) is 0 Å². The van der Waals surface area contributed by atoms with Gasteiger partial charge in [-0.2, -0.15) is 0 Å². The van der Waals surface area contributed by atoms with Crippen LogP contribution in [0.5, 0.6) is 0 Å². The Hall–Kier alpha value is -1.06. The van der Waals surface area contributed by atoms with Gasteiger partial charge in [-0.1, -0.05) is 20.8 Å². The molecule has 4 heteroatoms.